The predicted molar refractivity (Wildman–Crippen MR) is 92.2 cm³/mol. The van der Waals surface area contributed by atoms with Gasteiger partial charge in [0.1, 0.15) is 11.3 Å². The van der Waals surface area contributed by atoms with Gasteiger partial charge in [0.2, 0.25) is 5.91 Å². The number of carbonyl (C=O) groups excluding carboxylic acids is 1. The zero-order valence-electron chi connectivity index (χ0n) is 13.9. The fourth-order valence-corrected chi connectivity index (χ4v) is 2.56. The van der Waals surface area contributed by atoms with Gasteiger partial charge in [0.15, 0.2) is 11.6 Å². The number of hydrogen-bond acceptors (Lipinski definition) is 3. The van der Waals surface area contributed by atoms with E-state index >= 15 is 0 Å². The highest BCUT2D eigenvalue weighted by molar-refractivity contribution is 5.92. The maximum absolute atomic E-state index is 13.2. The van der Waals surface area contributed by atoms with E-state index in [-0.39, 0.29) is 24.2 Å². The van der Waals surface area contributed by atoms with Crippen molar-refractivity contribution in [1.29, 1.82) is 0 Å². The van der Waals surface area contributed by atoms with Gasteiger partial charge in [-0.2, -0.15) is 0 Å². The summed E-state index contributed by atoms with van der Waals surface area (Å²) in [5, 5.41) is 3.56. The van der Waals surface area contributed by atoms with Gasteiger partial charge in [0.05, 0.1) is 12.6 Å². The number of para-hydroxylation sites is 1. The number of carbonyl (C=O) groups is 1. The summed E-state index contributed by atoms with van der Waals surface area (Å²) in [5.74, 6) is -1.52. The molecule has 0 saturated carbocycles. The Labute approximate surface area is 144 Å². The molecule has 0 saturated heterocycles. The Morgan fingerprint density at radius 2 is 1.92 bits per heavy atom. The van der Waals surface area contributed by atoms with E-state index in [1.165, 1.54) is 6.07 Å². The number of hydrogen-bond donors (Lipinski definition) is 1. The minimum absolute atomic E-state index is 0.0806. The minimum atomic E-state index is -0.998. The van der Waals surface area contributed by atoms with Gasteiger partial charge in [-0.25, -0.2) is 8.78 Å². The van der Waals surface area contributed by atoms with Crippen LogP contribution in [0.3, 0.4) is 0 Å². The molecule has 1 amide bonds. The second-order valence-electron chi connectivity index (χ2n) is 5.95. The summed E-state index contributed by atoms with van der Waals surface area (Å²) in [6.07, 6.45) is 0. The molecule has 0 aliphatic carbocycles. The highest BCUT2D eigenvalue weighted by atomic mass is 19.2. The zero-order chi connectivity index (χ0) is 18.0. The highest BCUT2D eigenvalue weighted by Crippen LogP contribution is 2.26. The van der Waals surface area contributed by atoms with Crippen LogP contribution in [0.1, 0.15) is 18.7 Å². The van der Waals surface area contributed by atoms with Crippen LogP contribution >= 0.6 is 0 Å². The molecule has 4 nitrogen and oxygen atoms in total. The molecule has 0 spiro atoms. The first-order valence-corrected chi connectivity index (χ1v) is 7.87. The van der Waals surface area contributed by atoms with Crippen LogP contribution in [-0.2, 0) is 4.79 Å². The number of nitrogens with zero attached hydrogens (tertiary/aromatic N) is 1. The lowest BCUT2D eigenvalue weighted by atomic mass is 10.2. The summed E-state index contributed by atoms with van der Waals surface area (Å²) in [4.78, 5) is 13.9. The van der Waals surface area contributed by atoms with Crippen molar-refractivity contribution >= 4 is 22.6 Å². The molecule has 0 aliphatic rings. The molecule has 0 fully saturated rings. The molecule has 2 aromatic carbocycles. The molecule has 1 aromatic heterocycles. The third-order valence-corrected chi connectivity index (χ3v) is 4.11. The SMILES string of the molecule is CC(c1cc2ccccc2o1)N(C)CC(=O)Nc1ccc(F)c(F)c1. The summed E-state index contributed by atoms with van der Waals surface area (Å²) >= 11 is 0. The molecular weight excluding hydrogens is 326 g/mol. The first-order chi connectivity index (χ1) is 11.9. The maximum Gasteiger partial charge on any atom is 0.238 e. The van der Waals surface area contributed by atoms with Crippen LogP contribution in [0.2, 0.25) is 0 Å². The molecule has 6 heteroatoms. The number of halogens is 2. The average molecular weight is 344 g/mol. The fourth-order valence-electron chi connectivity index (χ4n) is 2.56. The number of furan rings is 1. The van der Waals surface area contributed by atoms with Crippen molar-refractivity contribution in [3.63, 3.8) is 0 Å². The van der Waals surface area contributed by atoms with E-state index in [1.807, 2.05) is 42.2 Å². The number of rotatable bonds is 5. The van der Waals surface area contributed by atoms with Crippen molar-refractivity contribution in [3.8, 4) is 0 Å². The number of nitrogens with one attached hydrogen (secondary N) is 1. The second-order valence-corrected chi connectivity index (χ2v) is 5.95. The molecule has 1 N–H and O–H groups in total. The van der Waals surface area contributed by atoms with E-state index in [9.17, 15) is 13.6 Å². The Morgan fingerprint density at radius 3 is 2.64 bits per heavy atom. The quantitative estimate of drug-likeness (QED) is 0.749. The van der Waals surface area contributed by atoms with Crippen LogP contribution < -0.4 is 5.32 Å². The molecule has 130 valence electrons. The molecule has 0 aliphatic heterocycles. The molecule has 0 radical (unpaired) electrons. The number of anilines is 1. The average Bonchev–Trinajstić information content (AvgIpc) is 3.01. The van der Waals surface area contributed by atoms with Crippen LogP contribution in [0.25, 0.3) is 11.0 Å². The monoisotopic (exact) mass is 344 g/mol. The topological polar surface area (TPSA) is 45.5 Å². The number of fused-ring (bicyclic) bond motifs is 1. The van der Waals surface area contributed by atoms with Gasteiger partial charge in [0.25, 0.3) is 0 Å². The third-order valence-electron chi connectivity index (χ3n) is 4.11. The van der Waals surface area contributed by atoms with Gasteiger partial charge in [-0.15, -0.1) is 0 Å². The van der Waals surface area contributed by atoms with Gasteiger partial charge < -0.3 is 9.73 Å². The Kier molecular flexibility index (Phi) is 4.81. The molecule has 1 heterocycles. The smallest absolute Gasteiger partial charge is 0.238 e. The van der Waals surface area contributed by atoms with Crippen molar-refractivity contribution in [2.24, 2.45) is 0 Å². The lowest BCUT2D eigenvalue weighted by molar-refractivity contribution is -0.117. The largest absolute Gasteiger partial charge is 0.459 e. The Morgan fingerprint density at radius 1 is 1.16 bits per heavy atom. The van der Waals surface area contributed by atoms with Gasteiger partial charge in [-0.3, -0.25) is 9.69 Å². The van der Waals surface area contributed by atoms with Crippen molar-refractivity contribution < 1.29 is 18.0 Å². The molecule has 0 bridgehead atoms. The first-order valence-electron chi connectivity index (χ1n) is 7.87. The minimum Gasteiger partial charge on any atom is -0.459 e. The first kappa shape index (κ1) is 17.1. The van der Waals surface area contributed by atoms with E-state index < -0.39 is 11.6 Å². The Bertz CT molecular complexity index is 874. The van der Waals surface area contributed by atoms with E-state index in [0.717, 1.165) is 28.9 Å². The fraction of sp³-hybridized carbons (Fsp3) is 0.211. The number of benzene rings is 2. The standard InChI is InChI=1S/C19H18F2N2O2/c1-12(18-9-13-5-3-4-6-17(13)25-18)23(2)11-19(24)22-14-7-8-15(20)16(21)10-14/h3-10,12H,11H2,1-2H3,(H,22,24). The molecule has 25 heavy (non-hydrogen) atoms. The zero-order valence-corrected chi connectivity index (χ0v) is 13.9. The summed E-state index contributed by atoms with van der Waals surface area (Å²) in [6.45, 7) is 2.01. The van der Waals surface area contributed by atoms with E-state index in [4.69, 9.17) is 4.42 Å². The Hall–Kier alpha value is -2.73. The van der Waals surface area contributed by atoms with Crippen LogP contribution in [0.5, 0.6) is 0 Å². The lowest BCUT2D eigenvalue weighted by Crippen LogP contribution is -2.32. The maximum atomic E-state index is 13.2. The molecule has 3 rings (SSSR count). The summed E-state index contributed by atoms with van der Waals surface area (Å²) in [5.41, 5.74) is 1.01. The van der Waals surface area contributed by atoms with Gasteiger partial charge in [0, 0.05) is 17.1 Å². The van der Waals surface area contributed by atoms with E-state index in [2.05, 4.69) is 5.32 Å². The van der Waals surface area contributed by atoms with Crippen molar-refractivity contribution in [2.75, 3.05) is 18.9 Å². The van der Waals surface area contributed by atoms with Crippen LogP contribution in [0.4, 0.5) is 14.5 Å². The van der Waals surface area contributed by atoms with Crippen LogP contribution in [0, 0.1) is 11.6 Å². The lowest BCUT2D eigenvalue weighted by Gasteiger charge is -2.22. The van der Waals surface area contributed by atoms with Gasteiger partial charge in [-0.05, 0) is 38.2 Å². The summed E-state index contributed by atoms with van der Waals surface area (Å²) in [7, 11) is 1.79. The molecule has 1 unspecified atom stereocenters. The third kappa shape index (κ3) is 3.85. The second kappa shape index (κ2) is 7.03. The van der Waals surface area contributed by atoms with Crippen molar-refractivity contribution in [3.05, 3.63) is 65.9 Å². The van der Waals surface area contributed by atoms with E-state index in [1.54, 1.807) is 7.05 Å². The highest BCUT2D eigenvalue weighted by Gasteiger charge is 2.19. The van der Waals surface area contributed by atoms with Crippen LogP contribution in [-0.4, -0.2) is 24.4 Å². The number of amides is 1. The Balaban J connectivity index is 1.64. The summed E-state index contributed by atoms with van der Waals surface area (Å²) in [6, 6.07) is 12.8. The van der Waals surface area contributed by atoms with E-state index in [0.29, 0.717) is 0 Å². The molecule has 3 aromatic rings. The van der Waals surface area contributed by atoms with Crippen molar-refractivity contribution in [1.82, 2.24) is 4.90 Å². The summed E-state index contributed by atoms with van der Waals surface area (Å²) < 4.78 is 31.9. The normalized spacial score (nSPS) is 12.5. The van der Waals surface area contributed by atoms with Crippen LogP contribution in [0.15, 0.2) is 52.9 Å². The van der Waals surface area contributed by atoms with Gasteiger partial charge in [-0.1, -0.05) is 18.2 Å². The van der Waals surface area contributed by atoms with Gasteiger partial charge >= 0.3 is 0 Å². The van der Waals surface area contributed by atoms with Crippen molar-refractivity contribution in [2.45, 2.75) is 13.0 Å². The predicted octanol–water partition coefficient (Wildman–Crippen LogP) is 4.34. The molecule has 1 atom stereocenters. The number of likely N-dealkylation sites (N-methyl/N-ethyl adjacent to an activating group) is 1. The molecular formula is C19H18F2N2O2.